The fraction of sp³-hybridized carbons (Fsp3) is 0.143. The summed E-state index contributed by atoms with van der Waals surface area (Å²) >= 11 is 0. The van der Waals surface area contributed by atoms with E-state index in [0.717, 1.165) is 11.5 Å². The van der Waals surface area contributed by atoms with E-state index in [2.05, 4.69) is 58.0 Å². The van der Waals surface area contributed by atoms with Gasteiger partial charge < -0.3 is 9.88 Å². The molecule has 0 amide bonds. The third-order valence-corrected chi connectivity index (χ3v) is 3.03. The Balaban J connectivity index is 1.89. The average molecular weight is 238 g/mol. The molecule has 0 aliphatic rings. The van der Waals surface area contributed by atoms with E-state index in [0.29, 0.717) is 6.54 Å². The standard InChI is InChI=1S/C14H14N4/c1-18-10-16-17-14(18)9-15-13-8-4-6-11-5-2-3-7-12(11)13/h2-8,10,15H,9H2,1H3. The van der Waals surface area contributed by atoms with Crippen molar-refractivity contribution in [3.63, 3.8) is 0 Å². The smallest absolute Gasteiger partial charge is 0.151 e. The molecule has 1 heterocycles. The first-order chi connectivity index (χ1) is 8.84. The largest absolute Gasteiger partial charge is 0.377 e. The van der Waals surface area contributed by atoms with Gasteiger partial charge in [0.25, 0.3) is 0 Å². The first-order valence-electron chi connectivity index (χ1n) is 5.89. The van der Waals surface area contributed by atoms with Gasteiger partial charge in [-0.2, -0.15) is 0 Å². The Hall–Kier alpha value is -2.36. The monoisotopic (exact) mass is 238 g/mol. The molecule has 0 bridgehead atoms. The van der Waals surface area contributed by atoms with Gasteiger partial charge in [-0.15, -0.1) is 10.2 Å². The third-order valence-electron chi connectivity index (χ3n) is 3.03. The van der Waals surface area contributed by atoms with Crippen LogP contribution < -0.4 is 5.32 Å². The number of nitrogens with one attached hydrogen (secondary N) is 1. The summed E-state index contributed by atoms with van der Waals surface area (Å²) in [6.45, 7) is 0.671. The van der Waals surface area contributed by atoms with Crippen LogP contribution in [0.15, 0.2) is 48.8 Å². The minimum Gasteiger partial charge on any atom is -0.377 e. The van der Waals surface area contributed by atoms with Crippen LogP contribution in [0.5, 0.6) is 0 Å². The Bertz CT molecular complexity index is 667. The molecule has 0 unspecified atom stereocenters. The summed E-state index contributed by atoms with van der Waals surface area (Å²) in [7, 11) is 1.94. The van der Waals surface area contributed by atoms with Gasteiger partial charge in [-0.3, -0.25) is 0 Å². The van der Waals surface area contributed by atoms with Crippen LogP contribution in [0.4, 0.5) is 5.69 Å². The number of aryl methyl sites for hydroxylation is 1. The van der Waals surface area contributed by atoms with E-state index in [1.54, 1.807) is 6.33 Å². The van der Waals surface area contributed by atoms with Crippen LogP contribution in [0, 0.1) is 0 Å². The van der Waals surface area contributed by atoms with Crippen LogP contribution in [0.3, 0.4) is 0 Å². The minimum absolute atomic E-state index is 0.671. The van der Waals surface area contributed by atoms with Crippen LogP contribution in [0.25, 0.3) is 10.8 Å². The van der Waals surface area contributed by atoms with E-state index in [-0.39, 0.29) is 0 Å². The molecule has 0 spiro atoms. The van der Waals surface area contributed by atoms with Crippen molar-refractivity contribution in [2.45, 2.75) is 6.54 Å². The second kappa shape index (κ2) is 4.49. The molecule has 0 saturated heterocycles. The number of aromatic nitrogens is 3. The predicted octanol–water partition coefficient (Wildman–Crippen LogP) is 2.58. The number of benzene rings is 2. The third kappa shape index (κ3) is 1.93. The molecule has 1 aromatic heterocycles. The van der Waals surface area contributed by atoms with Gasteiger partial charge in [0.15, 0.2) is 5.82 Å². The molecule has 4 nitrogen and oxygen atoms in total. The maximum absolute atomic E-state index is 4.06. The summed E-state index contributed by atoms with van der Waals surface area (Å²) in [5.41, 5.74) is 1.12. The molecule has 1 N–H and O–H groups in total. The van der Waals surface area contributed by atoms with Crippen molar-refractivity contribution in [1.29, 1.82) is 0 Å². The molecule has 3 rings (SSSR count). The summed E-state index contributed by atoms with van der Waals surface area (Å²) in [6, 6.07) is 14.6. The molecular weight excluding hydrogens is 224 g/mol. The molecule has 4 heteroatoms. The number of nitrogens with zero attached hydrogens (tertiary/aromatic N) is 3. The van der Waals surface area contributed by atoms with Crippen molar-refractivity contribution < 1.29 is 0 Å². The van der Waals surface area contributed by atoms with E-state index in [4.69, 9.17) is 0 Å². The normalized spacial score (nSPS) is 10.7. The fourth-order valence-electron chi connectivity index (χ4n) is 2.02. The SMILES string of the molecule is Cn1cnnc1CNc1cccc2ccccc12. The summed E-state index contributed by atoms with van der Waals surface area (Å²) in [4.78, 5) is 0. The van der Waals surface area contributed by atoms with Gasteiger partial charge in [0.1, 0.15) is 6.33 Å². The van der Waals surface area contributed by atoms with Crippen molar-refractivity contribution >= 4 is 16.5 Å². The van der Waals surface area contributed by atoms with E-state index in [9.17, 15) is 0 Å². The van der Waals surface area contributed by atoms with Gasteiger partial charge >= 0.3 is 0 Å². The average Bonchev–Trinajstić information content (AvgIpc) is 2.82. The molecule has 0 fully saturated rings. The zero-order chi connectivity index (χ0) is 12.4. The first kappa shape index (κ1) is 10.8. The number of hydrogen-bond donors (Lipinski definition) is 1. The Morgan fingerprint density at radius 1 is 1.11 bits per heavy atom. The second-order valence-corrected chi connectivity index (χ2v) is 4.24. The highest BCUT2D eigenvalue weighted by atomic mass is 15.3. The number of hydrogen-bond acceptors (Lipinski definition) is 3. The highest BCUT2D eigenvalue weighted by Gasteiger charge is 2.02. The molecule has 18 heavy (non-hydrogen) atoms. The predicted molar refractivity (Wildman–Crippen MR) is 72.3 cm³/mol. The fourth-order valence-corrected chi connectivity index (χ4v) is 2.02. The highest BCUT2D eigenvalue weighted by Crippen LogP contribution is 2.23. The molecule has 3 aromatic rings. The number of anilines is 1. The van der Waals surface area contributed by atoms with Crippen molar-refractivity contribution in [3.05, 3.63) is 54.6 Å². The topological polar surface area (TPSA) is 42.7 Å². The number of fused-ring (bicyclic) bond motifs is 1. The van der Waals surface area contributed by atoms with Crippen LogP contribution in [0.1, 0.15) is 5.82 Å². The molecule has 2 aromatic carbocycles. The van der Waals surface area contributed by atoms with Crippen LogP contribution in [-0.2, 0) is 13.6 Å². The van der Waals surface area contributed by atoms with E-state index in [1.165, 1.54) is 10.8 Å². The van der Waals surface area contributed by atoms with Gasteiger partial charge in [0.05, 0.1) is 6.54 Å². The van der Waals surface area contributed by atoms with Crippen molar-refractivity contribution in [2.24, 2.45) is 7.05 Å². The Kier molecular flexibility index (Phi) is 2.68. The zero-order valence-corrected chi connectivity index (χ0v) is 10.2. The van der Waals surface area contributed by atoms with Crippen LogP contribution in [-0.4, -0.2) is 14.8 Å². The number of rotatable bonds is 3. The summed E-state index contributed by atoms with van der Waals surface area (Å²) in [5, 5.41) is 13.8. The lowest BCUT2D eigenvalue weighted by Gasteiger charge is -2.09. The summed E-state index contributed by atoms with van der Waals surface area (Å²) in [5.74, 6) is 0.919. The Morgan fingerprint density at radius 2 is 1.94 bits per heavy atom. The minimum atomic E-state index is 0.671. The Labute approximate surface area is 105 Å². The lowest BCUT2D eigenvalue weighted by atomic mass is 10.1. The van der Waals surface area contributed by atoms with Crippen LogP contribution in [0.2, 0.25) is 0 Å². The van der Waals surface area contributed by atoms with E-state index >= 15 is 0 Å². The van der Waals surface area contributed by atoms with Gasteiger partial charge in [-0.25, -0.2) is 0 Å². The summed E-state index contributed by atoms with van der Waals surface area (Å²) in [6.07, 6.45) is 1.71. The highest BCUT2D eigenvalue weighted by molar-refractivity contribution is 5.93. The van der Waals surface area contributed by atoms with Gasteiger partial charge in [0, 0.05) is 18.1 Å². The summed E-state index contributed by atoms with van der Waals surface area (Å²) < 4.78 is 1.91. The Morgan fingerprint density at radius 3 is 2.78 bits per heavy atom. The maximum atomic E-state index is 4.06. The van der Waals surface area contributed by atoms with E-state index in [1.807, 2.05) is 11.6 Å². The lowest BCUT2D eigenvalue weighted by Crippen LogP contribution is -2.05. The lowest BCUT2D eigenvalue weighted by molar-refractivity contribution is 0.813. The molecule has 0 saturated carbocycles. The van der Waals surface area contributed by atoms with Gasteiger partial charge in [0.2, 0.25) is 0 Å². The van der Waals surface area contributed by atoms with E-state index < -0.39 is 0 Å². The molecule has 90 valence electrons. The quantitative estimate of drug-likeness (QED) is 0.762. The molecule has 0 aliphatic carbocycles. The second-order valence-electron chi connectivity index (χ2n) is 4.24. The van der Waals surface area contributed by atoms with Crippen molar-refractivity contribution in [2.75, 3.05) is 5.32 Å². The van der Waals surface area contributed by atoms with Crippen molar-refractivity contribution in [1.82, 2.24) is 14.8 Å². The van der Waals surface area contributed by atoms with Gasteiger partial charge in [-0.1, -0.05) is 36.4 Å². The first-order valence-corrected chi connectivity index (χ1v) is 5.89. The van der Waals surface area contributed by atoms with Gasteiger partial charge in [-0.05, 0) is 11.5 Å². The van der Waals surface area contributed by atoms with Crippen molar-refractivity contribution in [3.8, 4) is 0 Å². The zero-order valence-electron chi connectivity index (χ0n) is 10.2. The molecule has 0 atom stereocenters. The van der Waals surface area contributed by atoms with Crippen LogP contribution >= 0.6 is 0 Å². The molecule has 0 radical (unpaired) electrons. The molecule has 0 aliphatic heterocycles. The maximum Gasteiger partial charge on any atom is 0.151 e. The molecular formula is C14H14N4.